The van der Waals surface area contributed by atoms with Crippen molar-refractivity contribution < 1.29 is 42.3 Å². The van der Waals surface area contributed by atoms with E-state index >= 15 is 0 Å². The summed E-state index contributed by atoms with van der Waals surface area (Å²) < 4.78 is 0. The summed E-state index contributed by atoms with van der Waals surface area (Å²) in [6.45, 7) is 3.71. The summed E-state index contributed by atoms with van der Waals surface area (Å²) in [6.07, 6.45) is 3.60. The van der Waals surface area contributed by atoms with E-state index in [0.717, 1.165) is 76.5 Å². The molecule has 0 amide bonds. The normalized spacial score (nSPS) is 11.1. The van der Waals surface area contributed by atoms with Crippen LogP contribution in [-0.2, 0) is 16.8 Å². The van der Waals surface area contributed by atoms with Crippen LogP contribution >= 0.6 is 0 Å². The molecule has 2 aromatic heterocycles. The second-order valence-corrected chi connectivity index (χ2v) is 13.3. The van der Waals surface area contributed by atoms with Crippen molar-refractivity contribution in [3.05, 3.63) is 217 Å². The maximum Gasteiger partial charge on any atom is 2.00 e. The molecule has 0 aliphatic carbocycles. The van der Waals surface area contributed by atoms with Crippen molar-refractivity contribution >= 4 is 66.6 Å². The van der Waals surface area contributed by atoms with Crippen molar-refractivity contribution in [3.63, 3.8) is 0 Å². The van der Waals surface area contributed by atoms with E-state index in [4.69, 9.17) is 15.3 Å². The van der Waals surface area contributed by atoms with Gasteiger partial charge in [0.05, 0.1) is 22.5 Å². The summed E-state index contributed by atoms with van der Waals surface area (Å²) in [5.74, 6) is -0.665. The molecule has 0 aliphatic rings. The molecule has 65 heavy (non-hydrogen) atoms. The minimum atomic E-state index is -0.333. The Kier molecular flexibility index (Phi) is 22.6. The van der Waals surface area contributed by atoms with Crippen LogP contribution < -0.4 is 10.2 Å². The predicted octanol–water partition coefficient (Wildman–Crippen LogP) is 8.35. The maximum atomic E-state index is 11.9. The number of rotatable bonds is 6. The van der Waals surface area contributed by atoms with Crippen LogP contribution in [0.25, 0.3) is 43.4 Å². The largest absolute Gasteiger partial charge is 2.00 e. The molecule has 0 saturated carbocycles. The van der Waals surface area contributed by atoms with E-state index < -0.39 is 0 Å². The van der Waals surface area contributed by atoms with Gasteiger partial charge in [0.15, 0.2) is 0 Å². The first-order chi connectivity index (χ1) is 31.4. The van der Waals surface area contributed by atoms with Crippen molar-refractivity contribution in [1.82, 2.24) is 9.97 Å². The van der Waals surface area contributed by atoms with Crippen molar-refractivity contribution in [2.75, 3.05) is 21.3 Å². The number of fused-ring (bicyclic) bond motifs is 5. The summed E-state index contributed by atoms with van der Waals surface area (Å²) in [5.41, 5.74) is 6.39. The molecule has 12 heteroatoms. The van der Waals surface area contributed by atoms with Gasteiger partial charge >= 0.3 is 16.8 Å². The molecule has 2 heterocycles. The van der Waals surface area contributed by atoms with Crippen LogP contribution in [-0.4, -0.2) is 69.8 Å². The van der Waals surface area contributed by atoms with Gasteiger partial charge in [0.2, 0.25) is 0 Å². The van der Waals surface area contributed by atoms with Gasteiger partial charge in [-0.15, -0.1) is 0 Å². The monoisotopic (exact) mass is 909 g/mol. The number of pyridine rings is 2. The molecule has 9 aromatic rings. The van der Waals surface area contributed by atoms with Gasteiger partial charge in [-0.2, -0.15) is 20.4 Å². The molecule has 0 unspecified atom stereocenters. The fraction of sp³-hybridized carbons (Fsp3) is 0.0943. The van der Waals surface area contributed by atoms with Gasteiger partial charge in [-0.1, -0.05) is 158 Å². The van der Waals surface area contributed by atoms with Gasteiger partial charge in [-0.3, -0.25) is 9.97 Å². The van der Waals surface area contributed by atoms with Crippen LogP contribution in [0.3, 0.4) is 0 Å². The molecular formula is C53H50CoN6O5. The zero-order valence-electron chi connectivity index (χ0n) is 36.6. The third kappa shape index (κ3) is 15.1. The van der Waals surface area contributed by atoms with Gasteiger partial charge in [-0.05, 0) is 81.9 Å². The van der Waals surface area contributed by atoms with Crippen molar-refractivity contribution in [3.8, 4) is 0 Å². The summed E-state index contributed by atoms with van der Waals surface area (Å²) in [5, 5.41) is 67.5. The second kappa shape index (κ2) is 28.3. The van der Waals surface area contributed by atoms with Crippen LogP contribution in [0.15, 0.2) is 215 Å². The standard InChI is InChI=1S/2C19H16N2O.C12H8N2.3CH4O.Co/c2*1-14(20-21-19(22)16-8-3-2-4-9-16)17-12-11-15-7-5-6-10-18(15)13-17;1-3-9-5-6-10-4-2-8-14-12(10)11(9)13-7-1;3*1-2;/h2*2-13H,1H3,(H,21,22);1-8H;3*2H,1H3;/q;;;;;;+2/p-2/b2*20-14+;;;;;. The minimum Gasteiger partial charge on any atom is -0.857 e. The Morgan fingerprint density at radius 1 is 0.354 bits per heavy atom. The third-order valence-electron chi connectivity index (χ3n) is 9.30. The quantitative estimate of drug-likeness (QED) is 0.0649. The molecule has 7 aromatic carbocycles. The average molecular weight is 910 g/mol. The van der Waals surface area contributed by atoms with Gasteiger partial charge in [0, 0.05) is 56.3 Å². The smallest absolute Gasteiger partial charge is 0.857 e. The first kappa shape index (κ1) is 51.9. The average Bonchev–Trinajstić information content (AvgIpc) is 3.39. The van der Waals surface area contributed by atoms with Crippen molar-refractivity contribution in [1.29, 1.82) is 0 Å². The summed E-state index contributed by atoms with van der Waals surface area (Å²) >= 11 is 0. The van der Waals surface area contributed by atoms with Crippen molar-refractivity contribution in [2.24, 2.45) is 20.4 Å². The zero-order chi connectivity index (χ0) is 46.1. The van der Waals surface area contributed by atoms with E-state index in [1.165, 1.54) is 10.8 Å². The molecule has 0 fully saturated rings. The molecule has 331 valence electrons. The number of aliphatic hydroxyl groups is 3. The fourth-order valence-corrected chi connectivity index (χ4v) is 6.14. The van der Waals surface area contributed by atoms with Crippen molar-refractivity contribution in [2.45, 2.75) is 13.8 Å². The van der Waals surface area contributed by atoms with E-state index in [1.807, 2.05) is 111 Å². The van der Waals surface area contributed by atoms with Crippen LogP contribution in [0.2, 0.25) is 0 Å². The van der Waals surface area contributed by atoms with Crippen LogP contribution in [0.5, 0.6) is 0 Å². The third-order valence-corrected chi connectivity index (χ3v) is 9.30. The zero-order valence-corrected chi connectivity index (χ0v) is 37.7. The molecule has 0 spiro atoms. The summed E-state index contributed by atoms with van der Waals surface area (Å²) in [6, 6.07) is 58.4. The minimum absolute atomic E-state index is 0. The first-order valence-corrected chi connectivity index (χ1v) is 20.0. The Bertz CT molecular complexity index is 2760. The van der Waals surface area contributed by atoms with E-state index in [1.54, 1.807) is 36.7 Å². The molecule has 9 rings (SSSR count). The Morgan fingerprint density at radius 3 is 1.03 bits per heavy atom. The van der Waals surface area contributed by atoms with Crippen LogP contribution in [0, 0.1) is 0 Å². The van der Waals surface area contributed by atoms with Crippen LogP contribution in [0.4, 0.5) is 0 Å². The summed E-state index contributed by atoms with van der Waals surface area (Å²) in [7, 11) is 3.00. The second-order valence-electron chi connectivity index (χ2n) is 13.3. The molecule has 11 nitrogen and oxygen atoms in total. The Labute approximate surface area is 389 Å². The number of benzene rings is 7. The Balaban J connectivity index is 0.000000248. The summed E-state index contributed by atoms with van der Waals surface area (Å²) in [4.78, 5) is 8.69. The molecule has 3 N–H and O–H groups in total. The number of nitrogens with zero attached hydrogens (tertiary/aromatic N) is 6. The number of hydrogen-bond donors (Lipinski definition) is 3. The molecule has 0 aliphatic heterocycles. The van der Waals surface area contributed by atoms with Gasteiger partial charge < -0.3 is 25.5 Å². The van der Waals surface area contributed by atoms with Gasteiger partial charge in [-0.25, -0.2) is 0 Å². The number of hydrogen-bond acceptors (Lipinski definition) is 11. The van der Waals surface area contributed by atoms with E-state index in [2.05, 4.69) is 91.0 Å². The topological polar surface area (TPSA) is 182 Å². The van der Waals surface area contributed by atoms with E-state index in [9.17, 15) is 10.2 Å². The molecule has 0 atom stereocenters. The SMILES string of the molecule is C/C(=N\N=C(/[O-])c1ccccc1)c1ccc2ccccc2c1.C/C(=N\N=C(/[O-])c1ccccc1)c1ccc2ccccc2c1.CO.CO.CO.[Co+2].c1cnc2c(c1)ccc1cccnc12. The van der Waals surface area contributed by atoms with Crippen LogP contribution in [0.1, 0.15) is 36.1 Å². The molecular weight excluding hydrogens is 860 g/mol. The predicted molar refractivity (Wildman–Crippen MR) is 260 cm³/mol. The maximum absolute atomic E-state index is 11.9. The number of aromatic nitrogens is 2. The van der Waals surface area contributed by atoms with E-state index in [-0.39, 0.29) is 28.6 Å². The molecule has 0 bridgehead atoms. The van der Waals surface area contributed by atoms with Gasteiger partial charge in [0.25, 0.3) is 0 Å². The van der Waals surface area contributed by atoms with E-state index in [0.29, 0.717) is 11.1 Å². The molecule has 1 radical (unpaired) electrons. The Hall–Kier alpha value is -7.45. The first-order valence-electron chi connectivity index (χ1n) is 20.0. The van der Waals surface area contributed by atoms with Gasteiger partial charge in [0.1, 0.15) is 0 Å². The number of aliphatic hydroxyl groups excluding tert-OH is 3. The molecule has 0 saturated heterocycles. The Morgan fingerprint density at radius 2 is 0.662 bits per heavy atom. The fourth-order valence-electron chi connectivity index (χ4n) is 6.14.